The third-order valence-corrected chi connectivity index (χ3v) is 4.70. The summed E-state index contributed by atoms with van der Waals surface area (Å²) in [5.41, 5.74) is 0. The second-order valence-electron chi connectivity index (χ2n) is 4.98. The molecule has 0 spiro atoms. The molecule has 0 radical (unpaired) electrons. The van der Waals surface area contributed by atoms with Crippen molar-refractivity contribution in [2.24, 2.45) is 5.92 Å². The van der Waals surface area contributed by atoms with Gasteiger partial charge < -0.3 is 9.79 Å². The molecule has 96 valence electrons. The van der Waals surface area contributed by atoms with E-state index in [0.717, 1.165) is 19.3 Å². The first-order chi connectivity index (χ1) is 7.13. The van der Waals surface area contributed by atoms with Crippen molar-refractivity contribution in [3.05, 3.63) is 0 Å². The molecule has 0 bridgehead atoms. The highest BCUT2D eigenvalue weighted by molar-refractivity contribution is 7.54. The average molecular weight is 250 g/mol. The van der Waals surface area contributed by atoms with Crippen LogP contribution in [-0.4, -0.2) is 20.7 Å². The second kappa shape index (κ2) is 5.95. The number of hydrogen-bond acceptors (Lipinski definition) is 2. The summed E-state index contributed by atoms with van der Waals surface area (Å²) in [6, 6.07) is 0. The minimum atomic E-state index is -4.36. The minimum absolute atomic E-state index is 0.193. The van der Waals surface area contributed by atoms with E-state index < -0.39 is 12.8 Å². The van der Waals surface area contributed by atoms with Crippen molar-refractivity contribution in [3.63, 3.8) is 0 Å². The SMILES string of the molecule is CCCCC(C)CC(=O)C(C)(C)P(=O)(O)O. The predicted octanol–water partition coefficient (Wildman–Crippen LogP) is 2.73. The summed E-state index contributed by atoms with van der Waals surface area (Å²) >= 11 is 0. The van der Waals surface area contributed by atoms with E-state index in [2.05, 4.69) is 6.92 Å². The van der Waals surface area contributed by atoms with Gasteiger partial charge in [0.05, 0.1) is 0 Å². The molecule has 0 aliphatic heterocycles. The molecule has 0 aromatic carbocycles. The van der Waals surface area contributed by atoms with E-state index in [-0.39, 0.29) is 18.1 Å². The van der Waals surface area contributed by atoms with Crippen LogP contribution in [0.15, 0.2) is 0 Å². The molecule has 0 aliphatic rings. The Morgan fingerprint density at radius 3 is 2.25 bits per heavy atom. The zero-order valence-electron chi connectivity index (χ0n) is 10.6. The van der Waals surface area contributed by atoms with Crippen LogP contribution in [0.2, 0.25) is 0 Å². The lowest BCUT2D eigenvalue weighted by Crippen LogP contribution is -2.32. The average Bonchev–Trinajstić information content (AvgIpc) is 2.12. The smallest absolute Gasteiger partial charge is 0.324 e. The number of rotatable bonds is 7. The summed E-state index contributed by atoms with van der Waals surface area (Å²) in [6.07, 6.45) is 3.29. The standard InChI is InChI=1S/C11H23O4P/c1-5-6-7-9(2)8-10(12)11(3,4)16(13,14)15/h9H,5-8H2,1-4H3,(H2,13,14,15). The quantitative estimate of drug-likeness (QED) is 0.681. The molecular weight excluding hydrogens is 227 g/mol. The highest BCUT2D eigenvalue weighted by Gasteiger charge is 2.44. The molecular formula is C11H23O4P. The van der Waals surface area contributed by atoms with Crippen LogP contribution in [0.1, 0.15) is 53.4 Å². The first-order valence-electron chi connectivity index (χ1n) is 5.71. The fourth-order valence-electron chi connectivity index (χ4n) is 1.38. The van der Waals surface area contributed by atoms with Crippen molar-refractivity contribution < 1.29 is 19.1 Å². The van der Waals surface area contributed by atoms with Gasteiger partial charge in [0.25, 0.3) is 0 Å². The molecule has 0 aromatic heterocycles. The number of hydrogen-bond donors (Lipinski definition) is 2. The lowest BCUT2D eigenvalue weighted by Gasteiger charge is -2.25. The Bertz CT molecular complexity index is 280. The molecule has 0 fully saturated rings. The van der Waals surface area contributed by atoms with E-state index in [1.807, 2.05) is 6.92 Å². The van der Waals surface area contributed by atoms with Gasteiger partial charge in [0.2, 0.25) is 0 Å². The summed E-state index contributed by atoms with van der Waals surface area (Å²) in [4.78, 5) is 30.0. The summed E-state index contributed by atoms with van der Waals surface area (Å²) in [5, 5.41) is -1.55. The lowest BCUT2D eigenvalue weighted by molar-refractivity contribution is -0.122. The van der Waals surface area contributed by atoms with Crippen LogP contribution in [-0.2, 0) is 9.36 Å². The van der Waals surface area contributed by atoms with E-state index in [1.165, 1.54) is 13.8 Å². The number of ketones is 1. The summed E-state index contributed by atoms with van der Waals surface area (Å²) in [7, 11) is -4.36. The van der Waals surface area contributed by atoms with Crippen molar-refractivity contribution in [3.8, 4) is 0 Å². The molecule has 5 heteroatoms. The van der Waals surface area contributed by atoms with Crippen molar-refractivity contribution in [1.29, 1.82) is 0 Å². The Hall–Kier alpha value is -0.180. The number of unbranched alkanes of at least 4 members (excludes halogenated alkanes) is 1. The largest absolute Gasteiger partial charge is 0.338 e. The van der Waals surface area contributed by atoms with Crippen LogP contribution in [0.5, 0.6) is 0 Å². The molecule has 0 aromatic rings. The van der Waals surface area contributed by atoms with Crippen molar-refractivity contribution >= 4 is 13.4 Å². The van der Waals surface area contributed by atoms with Gasteiger partial charge in [0.1, 0.15) is 5.16 Å². The predicted molar refractivity (Wildman–Crippen MR) is 64.4 cm³/mol. The van der Waals surface area contributed by atoms with Crippen LogP contribution < -0.4 is 0 Å². The molecule has 0 aliphatic carbocycles. The topological polar surface area (TPSA) is 74.6 Å². The molecule has 1 atom stereocenters. The van der Waals surface area contributed by atoms with Gasteiger partial charge in [0.15, 0.2) is 5.78 Å². The Morgan fingerprint density at radius 2 is 1.88 bits per heavy atom. The maximum atomic E-state index is 11.8. The van der Waals surface area contributed by atoms with Crippen LogP contribution >= 0.6 is 7.60 Å². The van der Waals surface area contributed by atoms with Crippen LogP contribution in [0, 0.1) is 5.92 Å². The minimum Gasteiger partial charge on any atom is -0.324 e. The van der Waals surface area contributed by atoms with Gasteiger partial charge in [-0.1, -0.05) is 33.1 Å². The third-order valence-electron chi connectivity index (χ3n) is 2.99. The molecule has 0 saturated carbocycles. The van der Waals surface area contributed by atoms with Crippen molar-refractivity contribution in [1.82, 2.24) is 0 Å². The zero-order valence-corrected chi connectivity index (χ0v) is 11.5. The molecule has 0 heterocycles. The molecule has 0 amide bonds. The van der Waals surface area contributed by atoms with Gasteiger partial charge >= 0.3 is 7.60 Å². The highest BCUT2D eigenvalue weighted by Crippen LogP contribution is 2.51. The van der Waals surface area contributed by atoms with Gasteiger partial charge in [-0.2, -0.15) is 0 Å². The van der Waals surface area contributed by atoms with Crippen molar-refractivity contribution in [2.45, 2.75) is 58.5 Å². The molecule has 0 saturated heterocycles. The third kappa shape index (κ3) is 4.36. The second-order valence-corrected chi connectivity index (χ2v) is 7.18. The van der Waals surface area contributed by atoms with Crippen LogP contribution in [0.25, 0.3) is 0 Å². The Balaban J connectivity index is 4.41. The maximum absolute atomic E-state index is 11.8. The monoisotopic (exact) mass is 250 g/mol. The van der Waals surface area contributed by atoms with Crippen LogP contribution in [0.4, 0.5) is 0 Å². The Morgan fingerprint density at radius 1 is 1.38 bits per heavy atom. The number of carbonyl (C=O) groups is 1. The highest BCUT2D eigenvalue weighted by atomic mass is 31.2. The first-order valence-corrected chi connectivity index (χ1v) is 7.33. The van der Waals surface area contributed by atoms with Crippen LogP contribution in [0.3, 0.4) is 0 Å². The zero-order chi connectivity index (χ0) is 13.0. The Labute approximate surface area is 97.6 Å². The molecule has 1 unspecified atom stereocenters. The van der Waals surface area contributed by atoms with Gasteiger partial charge in [0, 0.05) is 6.42 Å². The Kier molecular flexibility index (Phi) is 5.88. The molecule has 2 N–H and O–H groups in total. The number of Topliss-reactive ketones (excluding diaryl/α,β-unsaturated/α-hetero) is 1. The van der Waals surface area contributed by atoms with Crippen molar-refractivity contribution in [2.75, 3.05) is 0 Å². The van der Waals surface area contributed by atoms with Gasteiger partial charge in [-0.05, 0) is 19.8 Å². The van der Waals surface area contributed by atoms with E-state index in [0.29, 0.717) is 0 Å². The first kappa shape index (κ1) is 15.8. The fourth-order valence-corrected chi connectivity index (χ4v) is 1.80. The summed E-state index contributed by atoms with van der Waals surface area (Å²) in [5.74, 6) is -0.150. The number of carbonyl (C=O) groups excluding carboxylic acids is 1. The summed E-state index contributed by atoms with van der Waals surface area (Å²) < 4.78 is 11.2. The molecule has 16 heavy (non-hydrogen) atoms. The van der Waals surface area contributed by atoms with Gasteiger partial charge in [-0.25, -0.2) is 0 Å². The molecule has 4 nitrogen and oxygen atoms in total. The van der Waals surface area contributed by atoms with E-state index in [1.54, 1.807) is 0 Å². The molecule has 0 rings (SSSR count). The van der Waals surface area contributed by atoms with Gasteiger partial charge in [-0.15, -0.1) is 0 Å². The van der Waals surface area contributed by atoms with E-state index in [9.17, 15) is 9.36 Å². The fraction of sp³-hybridized carbons (Fsp3) is 0.909. The summed E-state index contributed by atoms with van der Waals surface area (Å²) in [6.45, 7) is 6.67. The van der Waals surface area contributed by atoms with E-state index in [4.69, 9.17) is 9.79 Å². The lowest BCUT2D eigenvalue weighted by atomic mass is 9.93. The maximum Gasteiger partial charge on any atom is 0.338 e. The normalized spacial score (nSPS) is 14.9. The van der Waals surface area contributed by atoms with Gasteiger partial charge in [-0.3, -0.25) is 9.36 Å². The van der Waals surface area contributed by atoms with E-state index >= 15 is 0 Å².